The standard InChI is InChI=1S/C21H34N6O.HI/c1-16(2)20(26-11-13-28-14-12-26)15-24-21(22-4)23-9-10-27-17(3)25-18-7-5-6-8-19(18)27;/h5-8,16,20H,9-15H2,1-4H3,(H2,22,23,24);1H. The van der Waals surface area contributed by atoms with Gasteiger partial charge >= 0.3 is 0 Å². The minimum absolute atomic E-state index is 0. The summed E-state index contributed by atoms with van der Waals surface area (Å²) in [7, 11) is 1.83. The fourth-order valence-corrected chi connectivity index (χ4v) is 3.88. The van der Waals surface area contributed by atoms with Gasteiger partial charge in [0.2, 0.25) is 0 Å². The van der Waals surface area contributed by atoms with Gasteiger partial charge in [0, 0.05) is 45.8 Å². The van der Waals surface area contributed by atoms with Crippen molar-refractivity contribution >= 4 is 41.0 Å². The first-order valence-corrected chi connectivity index (χ1v) is 10.3. The fourth-order valence-electron chi connectivity index (χ4n) is 3.88. The van der Waals surface area contributed by atoms with E-state index in [2.05, 4.69) is 69.0 Å². The number of ether oxygens (including phenoxy) is 1. The van der Waals surface area contributed by atoms with Crippen LogP contribution < -0.4 is 10.6 Å². The SMILES string of the molecule is CN=C(NCCn1c(C)nc2ccccc21)NCC(C(C)C)N1CCOCC1.I. The van der Waals surface area contributed by atoms with Gasteiger partial charge in [0.15, 0.2) is 5.96 Å². The minimum atomic E-state index is 0. The molecule has 2 aromatic rings. The summed E-state index contributed by atoms with van der Waals surface area (Å²) in [5.74, 6) is 2.46. The number of hydrogen-bond acceptors (Lipinski definition) is 4. The van der Waals surface area contributed by atoms with E-state index in [1.54, 1.807) is 0 Å². The molecule has 0 amide bonds. The zero-order valence-corrected chi connectivity index (χ0v) is 20.3. The summed E-state index contributed by atoms with van der Waals surface area (Å²) >= 11 is 0. The average Bonchev–Trinajstić information content (AvgIpc) is 3.02. The molecule has 3 rings (SSSR count). The molecule has 1 aromatic heterocycles. The highest BCUT2D eigenvalue weighted by atomic mass is 127. The second-order valence-electron chi connectivity index (χ2n) is 7.64. The van der Waals surface area contributed by atoms with Crippen molar-refractivity contribution in [1.82, 2.24) is 25.1 Å². The van der Waals surface area contributed by atoms with Crippen LogP contribution in [0.3, 0.4) is 0 Å². The highest BCUT2D eigenvalue weighted by Gasteiger charge is 2.23. The maximum absolute atomic E-state index is 5.50. The van der Waals surface area contributed by atoms with Crippen molar-refractivity contribution in [1.29, 1.82) is 0 Å². The number of hydrogen-bond donors (Lipinski definition) is 2. The molecule has 1 aliphatic heterocycles. The summed E-state index contributed by atoms with van der Waals surface area (Å²) in [6.45, 7) is 12.8. The number of halogens is 1. The fraction of sp³-hybridized carbons (Fsp3) is 0.619. The van der Waals surface area contributed by atoms with E-state index in [1.165, 1.54) is 5.52 Å². The summed E-state index contributed by atoms with van der Waals surface area (Å²) in [4.78, 5) is 11.6. The number of rotatable bonds is 7. The molecule has 1 atom stereocenters. The van der Waals surface area contributed by atoms with Gasteiger partial charge in [-0.15, -0.1) is 24.0 Å². The maximum atomic E-state index is 5.50. The molecule has 29 heavy (non-hydrogen) atoms. The first-order chi connectivity index (χ1) is 13.6. The maximum Gasteiger partial charge on any atom is 0.191 e. The Kier molecular flexibility index (Phi) is 9.64. The number of benzene rings is 1. The molecular formula is C21H35IN6O. The van der Waals surface area contributed by atoms with Crippen molar-refractivity contribution < 1.29 is 4.74 Å². The summed E-state index contributed by atoms with van der Waals surface area (Å²) < 4.78 is 7.75. The molecule has 162 valence electrons. The molecule has 2 heterocycles. The summed E-state index contributed by atoms with van der Waals surface area (Å²) in [6.07, 6.45) is 0. The van der Waals surface area contributed by atoms with Gasteiger partial charge in [-0.05, 0) is 25.0 Å². The van der Waals surface area contributed by atoms with E-state index in [0.717, 1.165) is 63.2 Å². The Hall–Kier alpha value is -1.39. The molecule has 1 unspecified atom stereocenters. The van der Waals surface area contributed by atoms with Gasteiger partial charge in [0.1, 0.15) is 5.82 Å². The number of imidazole rings is 1. The van der Waals surface area contributed by atoms with E-state index in [9.17, 15) is 0 Å². The van der Waals surface area contributed by atoms with E-state index < -0.39 is 0 Å². The number of nitrogens with zero attached hydrogens (tertiary/aromatic N) is 4. The zero-order valence-electron chi connectivity index (χ0n) is 18.0. The Balaban J connectivity index is 0.00000300. The van der Waals surface area contributed by atoms with E-state index in [-0.39, 0.29) is 24.0 Å². The molecule has 1 fully saturated rings. The Morgan fingerprint density at radius 3 is 2.62 bits per heavy atom. The van der Waals surface area contributed by atoms with Crippen LogP contribution in [0.1, 0.15) is 19.7 Å². The lowest BCUT2D eigenvalue weighted by Crippen LogP contribution is -2.52. The van der Waals surface area contributed by atoms with Crippen LogP contribution in [0.4, 0.5) is 0 Å². The van der Waals surface area contributed by atoms with Crippen molar-refractivity contribution in [3.63, 3.8) is 0 Å². The van der Waals surface area contributed by atoms with E-state index >= 15 is 0 Å². The normalized spacial score (nSPS) is 16.7. The van der Waals surface area contributed by atoms with Crippen LogP contribution in [0.25, 0.3) is 11.0 Å². The van der Waals surface area contributed by atoms with Gasteiger partial charge in [-0.1, -0.05) is 26.0 Å². The van der Waals surface area contributed by atoms with Crippen molar-refractivity contribution in [2.45, 2.75) is 33.4 Å². The Morgan fingerprint density at radius 1 is 1.21 bits per heavy atom. The average molecular weight is 514 g/mol. The first kappa shape index (κ1) is 23.9. The Labute approximate surface area is 191 Å². The van der Waals surface area contributed by atoms with Crippen molar-refractivity contribution in [2.24, 2.45) is 10.9 Å². The molecule has 1 aliphatic rings. The number of aromatic nitrogens is 2. The van der Waals surface area contributed by atoms with Crippen LogP contribution in [0.5, 0.6) is 0 Å². The predicted molar refractivity (Wildman–Crippen MR) is 130 cm³/mol. The predicted octanol–water partition coefficient (Wildman–Crippen LogP) is 2.48. The van der Waals surface area contributed by atoms with Crippen LogP contribution in [-0.2, 0) is 11.3 Å². The van der Waals surface area contributed by atoms with Crippen LogP contribution >= 0.6 is 24.0 Å². The lowest BCUT2D eigenvalue weighted by Gasteiger charge is -2.37. The van der Waals surface area contributed by atoms with E-state index in [4.69, 9.17) is 4.74 Å². The van der Waals surface area contributed by atoms with Crippen molar-refractivity contribution in [2.75, 3.05) is 46.4 Å². The lowest BCUT2D eigenvalue weighted by molar-refractivity contribution is 0.00752. The molecule has 0 radical (unpaired) electrons. The van der Waals surface area contributed by atoms with E-state index in [0.29, 0.717) is 12.0 Å². The van der Waals surface area contributed by atoms with Crippen LogP contribution in [0.15, 0.2) is 29.3 Å². The third kappa shape index (κ3) is 6.29. The lowest BCUT2D eigenvalue weighted by atomic mass is 10.0. The number of fused-ring (bicyclic) bond motifs is 1. The molecule has 0 bridgehead atoms. The second kappa shape index (κ2) is 11.7. The molecule has 0 spiro atoms. The summed E-state index contributed by atoms with van der Waals surface area (Å²) in [5.41, 5.74) is 2.23. The topological polar surface area (TPSA) is 66.7 Å². The number of para-hydroxylation sites is 2. The Bertz CT molecular complexity index is 785. The van der Waals surface area contributed by atoms with Gasteiger partial charge in [0.25, 0.3) is 0 Å². The van der Waals surface area contributed by atoms with Crippen LogP contribution in [0, 0.1) is 12.8 Å². The number of morpholine rings is 1. The molecular weight excluding hydrogens is 479 g/mol. The van der Waals surface area contributed by atoms with Gasteiger partial charge in [0.05, 0.1) is 24.2 Å². The third-order valence-corrected chi connectivity index (χ3v) is 5.46. The Morgan fingerprint density at radius 2 is 1.93 bits per heavy atom. The highest BCUT2D eigenvalue weighted by Crippen LogP contribution is 2.15. The van der Waals surface area contributed by atoms with Crippen LogP contribution in [0.2, 0.25) is 0 Å². The molecule has 7 nitrogen and oxygen atoms in total. The van der Waals surface area contributed by atoms with Crippen molar-refractivity contribution in [3.8, 4) is 0 Å². The number of aryl methyl sites for hydroxylation is 1. The molecule has 8 heteroatoms. The quantitative estimate of drug-likeness (QED) is 0.338. The zero-order chi connectivity index (χ0) is 19.9. The largest absolute Gasteiger partial charge is 0.379 e. The summed E-state index contributed by atoms with van der Waals surface area (Å²) in [6, 6.07) is 8.75. The summed E-state index contributed by atoms with van der Waals surface area (Å²) in [5, 5.41) is 6.96. The molecule has 1 saturated heterocycles. The number of nitrogens with one attached hydrogen (secondary N) is 2. The van der Waals surface area contributed by atoms with Crippen molar-refractivity contribution in [3.05, 3.63) is 30.1 Å². The third-order valence-electron chi connectivity index (χ3n) is 5.46. The second-order valence-corrected chi connectivity index (χ2v) is 7.64. The first-order valence-electron chi connectivity index (χ1n) is 10.3. The van der Waals surface area contributed by atoms with Gasteiger partial charge in [-0.3, -0.25) is 9.89 Å². The van der Waals surface area contributed by atoms with Gasteiger partial charge in [-0.25, -0.2) is 4.98 Å². The minimum Gasteiger partial charge on any atom is -0.379 e. The number of guanidine groups is 1. The monoisotopic (exact) mass is 514 g/mol. The number of aliphatic imine (C=N–C) groups is 1. The van der Waals surface area contributed by atoms with E-state index in [1.807, 2.05) is 13.1 Å². The highest BCUT2D eigenvalue weighted by molar-refractivity contribution is 14.0. The molecule has 0 saturated carbocycles. The smallest absolute Gasteiger partial charge is 0.191 e. The van der Waals surface area contributed by atoms with Gasteiger partial charge < -0.3 is 19.9 Å². The molecule has 1 aromatic carbocycles. The molecule has 2 N–H and O–H groups in total. The van der Waals surface area contributed by atoms with Gasteiger partial charge in [-0.2, -0.15) is 0 Å². The molecule has 0 aliphatic carbocycles. The van der Waals surface area contributed by atoms with Crippen LogP contribution in [-0.4, -0.2) is 72.9 Å².